The highest BCUT2D eigenvalue weighted by atomic mass is 16.3. The van der Waals surface area contributed by atoms with Crippen LogP contribution in [0.25, 0.3) is 60.6 Å². The Kier molecular flexibility index (Phi) is 8.11. The van der Waals surface area contributed by atoms with Gasteiger partial charge in [0.15, 0.2) is 5.58 Å². The summed E-state index contributed by atoms with van der Waals surface area (Å²) in [6, 6.07) is 79.7. The first-order chi connectivity index (χ1) is 28.8. The third-order valence-electron chi connectivity index (χ3n) is 11.1. The third-order valence-corrected chi connectivity index (χ3v) is 11.1. The first-order valence-corrected chi connectivity index (χ1v) is 19.7. The lowest BCUT2D eigenvalue weighted by molar-refractivity contribution is 0.671. The second kappa shape index (κ2) is 14.0. The van der Waals surface area contributed by atoms with Gasteiger partial charge in [0.05, 0.1) is 11.0 Å². The van der Waals surface area contributed by atoms with Crippen LogP contribution in [0.3, 0.4) is 0 Å². The van der Waals surface area contributed by atoms with Gasteiger partial charge in [0.2, 0.25) is 0 Å². The van der Waals surface area contributed by atoms with Crippen molar-refractivity contribution in [2.45, 2.75) is 0 Å². The molecular weight excluding hydrogens is 707 g/mol. The molecule has 9 aromatic carbocycles. The smallest absolute Gasteiger partial charge is 0.160 e. The van der Waals surface area contributed by atoms with Crippen LogP contribution in [-0.2, 0) is 0 Å². The Morgan fingerprint density at radius 3 is 1.34 bits per heavy atom. The molecule has 0 radical (unpaired) electrons. The van der Waals surface area contributed by atoms with Gasteiger partial charge >= 0.3 is 0 Å². The van der Waals surface area contributed by atoms with Crippen LogP contribution < -0.4 is 9.80 Å². The highest BCUT2D eigenvalue weighted by Crippen LogP contribution is 2.48. The van der Waals surface area contributed by atoms with Crippen molar-refractivity contribution >= 4 is 77.9 Å². The molecule has 4 nitrogen and oxygen atoms in total. The van der Waals surface area contributed by atoms with Crippen molar-refractivity contribution < 1.29 is 4.42 Å². The Labute approximate surface area is 336 Å². The summed E-state index contributed by atoms with van der Waals surface area (Å²) in [7, 11) is 0. The molecule has 0 bridgehead atoms. The maximum Gasteiger partial charge on any atom is 0.160 e. The van der Waals surface area contributed by atoms with Gasteiger partial charge in [-0.25, -0.2) is 0 Å². The van der Waals surface area contributed by atoms with E-state index >= 15 is 0 Å². The van der Waals surface area contributed by atoms with E-state index in [1.54, 1.807) is 0 Å². The largest absolute Gasteiger partial charge is 0.454 e. The summed E-state index contributed by atoms with van der Waals surface area (Å²) < 4.78 is 9.37. The number of nitrogens with zero attached hydrogens (tertiary/aromatic N) is 3. The zero-order valence-corrected chi connectivity index (χ0v) is 31.6. The van der Waals surface area contributed by atoms with Crippen molar-refractivity contribution in [3.05, 3.63) is 224 Å². The van der Waals surface area contributed by atoms with E-state index in [1.165, 1.54) is 5.39 Å². The molecule has 0 N–H and O–H groups in total. The zero-order chi connectivity index (χ0) is 38.4. The van der Waals surface area contributed by atoms with E-state index in [4.69, 9.17) is 4.42 Å². The molecule has 0 saturated heterocycles. The van der Waals surface area contributed by atoms with Crippen LogP contribution in [-0.4, -0.2) is 4.57 Å². The van der Waals surface area contributed by atoms with Gasteiger partial charge in [-0.05, 0) is 108 Å². The van der Waals surface area contributed by atoms with Crippen LogP contribution in [0.2, 0.25) is 0 Å². The summed E-state index contributed by atoms with van der Waals surface area (Å²) in [6.45, 7) is 0. The molecule has 0 atom stereocenters. The second-order valence-corrected chi connectivity index (χ2v) is 14.6. The number of rotatable bonds is 8. The van der Waals surface area contributed by atoms with E-state index in [0.29, 0.717) is 0 Å². The normalized spacial score (nSPS) is 11.4. The van der Waals surface area contributed by atoms with Gasteiger partial charge in [0.1, 0.15) is 5.58 Å². The highest BCUT2D eigenvalue weighted by molar-refractivity contribution is 6.26. The van der Waals surface area contributed by atoms with Gasteiger partial charge in [-0.15, -0.1) is 0 Å². The highest BCUT2D eigenvalue weighted by Gasteiger charge is 2.25. The summed E-state index contributed by atoms with van der Waals surface area (Å²) >= 11 is 0. The van der Waals surface area contributed by atoms with Crippen molar-refractivity contribution in [2.24, 2.45) is 0 Å². The quantitative estimate of drug-likeness (QED) is 0.155. The van der Waals surface area contributed by atoms with Crippen LogP contribution in [0.1, 0.15) is 0 Å². The molecule has 58 heavy (non-hydrogen) atoms. The Balaban J connectivity index is 1.28. The molecule has 0 aliphatic rings. The number of hydrogen-bond donors (Lipinski definition) is 0. The fourth-order valence-electron chi connectivity index (χ4n) is 8.62. The zero-order valence-electron chi connectivity index (χ0n) is 31.6. The van der Waals surface area contributed by atoms with Crippen LogP contribution >= 0.6 is 0 Å². The van der Waals surface area contributed by atoms with Crippen molar-refractivity contribution in [1.29, 1.82) is 0 Å². The van der Waals surface area contributed by atoms with Crippen molar-refractivity contribution in [1.82, 2.24) is 4.57 Å². The Hall–Kier alpha value is -7.82. The topological polar surface area (TPSA) is 24.6 Å². The van der Waals surface area contributed by atoms with Gasteiger partial charge in [-0.3, -0.25) is 0 Å². The first kappa shape index (κ1) is 33.5. The van der Waals surface area contributed by atoms with Crippen LogP contribution in [0, 0.1) is 0 Å². The number of fused-ring (bicyclic) bond motifs is 7. The molecular formula is C54H37N3O. The molecule has 274 valence electrons. The Morgan fingerprint density at radius 1 is 0.362 bits per heavy atom. The lowest BCUT2D eigenvalue weighted by atomic mass is 9.95. The lowest BCUT2D eigenvalue weighted by Crippen LogP contribution is -2.13. The average molecular weight is 744 g/mol. The molecule has 0 aliphatic carbocycles. The van der Waals surface area contributed by atoms with Gasteiger partial charge in [-0.1, -0.05) is 127 Å². The predicted molar refractivity (Wildman–Crippen MR) is 243 cm³/mol. The van der Waals surface area contributed by atoms with E-state index in [1.807, 2.05) is 0 Å². The van der Waals surface area contributed by atoms with Crippen LogP contribution in [0.15, 0.2) is 229 Å². The Morgan fingerprint density at radius 2 is 0.810 bits per heavy atom. The molecule has 2 heterocycles. The van der Waals surface area contributed by atoms with Gasteiger partial charge in [0.25, 0.3) is 0 Å². The molecule has 11 aromatic rings. The van der Waals surface area contributed by atoms with Crippen molar-refractivity contribution in [3.63, 3.8) is 0 Å². The van der Waals surface area contributed by atoms with E-state index < -0.39 is 0 Å². The van der Waals surface area contributed by atoms with Gasteiger partial charge in [-0.2, -0.15) is 0 Å². The number of benzene rings is 9. The molecule has 2 aromatic heterocycles. The summed E-state index contributed by atoms with van der Waals surface area (Å²) in [5.41, 5.74) is 13.6. The molecule has 0 fully saturated rings. The summed E-state index contributed by atoms with van der Waals surface area (Å²) in [4.78, 5) is 4.71. The van der Waals surface area contributed by atoms with Crippen LogP contribution in [0.5, 0.6) is 0 Å². The molecule has 0 amide bonds. The molecule has 4 heteroatoms. The lowest BCUT2D eigenvalue weighted by Gasteiger charge is -2.30. The maximum absolute atomic E-state index is 7.01. The monoisotopic (exact) mass is 743 g/mol. The van der Waals surface area contributed by atoms with E-state index in [9.17, 15) is 0 Å². The molecule has 0 aliphatic heterocycles. The number of para-hydroxylation sites is 7. The third kappa shape index (κ3) is 5.62. The number of anilines is 6. The fourth-order valence-corrected chi connectivity index (χ4v) is 8.62. The number of hydrogen-bond acceptors (Lipinski definition) is 3. The minimum atomic E-state index is 0.859. The van der Waals surface area contributed by atoms with E-state index in [0.717, 1.165) is 89.3 Å². The van der Waals surface area contributed by atoms with E-state index in [-0.39, 0.29) is 0 Å². The second-order valence-electron chi connectivity index (χ2n) is 14.6. The molecule has 0 saturated carbocycles. The van der Waals surface area contributed by atoms with Crippen molar-refractivity contribution in [2.75, 3.05) is 9.80 Å². The molecule has 0 spiro atoms. The maximum atomic E-state index is 7.01. The molecule has 11 rings (SSSR count). The van der Waals surface area contributed by atoms with Crippen LogP contribution in [0.4, 0.5) is 34.1 Å². The minimum Gasteiger partial charge on any atom is -0.454 e. The predicted octanol–water partition coefficient (Wildman–Crippen LogP) is 15.3. The average Bonchev–Trinajstić information content (AvgIpc) is 3.85. The Bertz CT molecular complexity index is 3030. The number of furan rings is 1. The van der Waals surface area contributed by atoms with Gasteiger partial charge in [0, 0.05) is 61.4 Å². The fraction of sp³-hybridized carbons (Fsp3) is 0. The summed E-state index contributed by atoms with van der Waals surface area (Å²) in [6.07, 6.45) is 0. The summed E-state index contributed by atoms with van der Waals surface area (Å²) in [5.74, 6) is 0. The van der Waals surface area contributed by atoms with E-state index in [2.05, 4.69) is 239 Å². The van der Waals surface area contributed by atoms with Gasteiger partial charge < -0.3 is 18.8 Å². The standard InChI is InChI=1S/C54H37N3O/c1-6-20-39(21-7-1)55(40-22-8-2-9-23-40)44-34-38(35-45(36-44)56(41-24-10-3-11-25-41)42-26-12-4-13-27-42)48-37-49-46-30-16-18-32-50(46)57(43-28-14-5-15-29-43)53(49)54-52(48)47-31-17-19-33-51(47)58-54/h1-37H. The summed E-state index contributed by atoms with van der Waals surface area (Å²) in [5, 5.41) is 4.48. The SMILES string of the molecule is c1ccc(N(c2ccccc2)c2cc(-c3cc4c5ccccc5n(-c5ccccc5)c4c4oc5ccccc5c34)cc(N(c3ccccc3)c3ccccc3)c2)cc1. The first-order valence-electron chi connectivity index (χ1n) is 19.7. The number of aromatic nitrogens is 1. The van der Waals surface area contributed by atoms with Crippen molar-refractivity contribution in [3.8, 4) is 16.8 Å². The molecule has 0 unspecified atom stereocenters. The minimum absolute atomic E-state index is 0.859.